The summed E-state index contributed by atoms with van der Waals surface area (Å²) in [6.07, 6.45) is 2.82. The van der Waals surface area contributed by atoms with Gasteiger partial charge in [0, 0.05) is 18.9 Å². The van der Waals surface area contributed by atoms with Crippen molar-refractivity contribution in [3.63, 3.8) is 0 Å². The topological polar surface area (TPSA) is 89.2 Å². The smallest absolute Gasteiger partial charge is 0.211 e. The van der Waals surface area contributed by atoms with E-state index in [1.165, 1.54) is 11.3 Å². The minimum Gasteiger partial charge on any atom is -0.211 e. The maximum atomic E-state index is 12.4. The number of benzene rings is 1. The molecule has 7 nitrogen and oxygen atoms in total. The number of aryl methyl sites for hydroxylation is 1. The van der Waals surface area contributed by atoms with E-state index in [4.69, 9.17) is 0 Å². The zero-order valence-electron chi connectivity index (χ0n) is 13.1. The predicted molar refractivity (Wildman–Crippen MR) is 90.7 cm³/mol. The normalized spacial score (nSPS) is 15.2. The van der Waals surface area contributed by atoms with Gasteiger partial charge in [-0.25, -0.2) is 13.1 Å². The molecule has 9 heteroatoms. The number of hydrogen-bond donors (Lipinski definition) is 1. The number of nitrogens with one attached hydrogen (secondary N) is 1. The van der Waals surface area contributed by atoms with Gasteiger partial charge in [-0.15, -0.1) is 10.2 Å². The lowest BCUT2D eigenvalue weighted by Gasteiger charge is -2.08. The van der Waals surface area contributed by atoms with Crippen molar-refractivity contribution in [2.24, 2.45) is 0 Å². The van der Waals surface area contributed by atoms with Crippen LogP contribution in [-0.2, 0) is 16.4 Å². The van der Waals surface area contributed by atoms with E-state index in [-0.39, 0.29) is 0 Å². The highest BCUT2D eigenvalue weighted by Crippen LogP contribution is 2.39. The Labute approximate surface area is 143 Å². The van der Waals surface area contributed by atoms with E-state index in [2.05, 4.69) is 20.0 Å². The molecule has 2 heterocycles. The van der Waals surface area contributed by atoms with E-state index < -0.39 is 10.0 Å². The molecule has 1 fully saturated rings. The quantitative estimate of drug-likeness (QED) is 0.722. The Balaban J connectivity index is 1.44. The molecule has 1 aromatic carbocycles. The van der Waals surface area contributed by atoms with E-state index in [1.807, 2.05) is 6.07 Å². The zero-order valence-corrected chi connectivity index (χ0v) is 14.8. The highest BCUT2D eigenvalue weighted by molar-refractivity contribution is 7.89. The van der Waals surface area contributed by atoms with E-state index in [1.54, 1.807) is 29.6 Å². The van der Waals surface area contributed by atoms with Crippen LogP contribution >= 0.6 is 11.3 Å². The van der Waals surface area contributed by atoms with Gasteiger partial charge in [-0.2, -0.15) is 9.61 Å². The van der Waals surface area contributed by atoms with Gasteiger partial charge in [-0.3, -0.25) is 0 Å². The van der Waals surface area contributed by atoms with Gasteiger partial charge in [0.15, 0.2) is 5.82 Å². The molecule has 3 aromatic rings. The van der Waals surface area contributed by atoms with Crippen LogP contribution in [-0.4, -0.2) is 34.8 Å². The molecule has 1 N–H and O–H groups in total. The lowest BCUT2D eigenvalue weighted by molar-refractivity contribution is 0.580. The van der Waals surface area contributed by atoms with Crippen molar-refractivity contribution in [2.45, 2.75) is 37.0 Å². The van der Waals surface area contributed by atoms with Gasteiger partial charge in [0.2, 0.25) is 15.0 Å². The third-order valence-electron chi connectivity index (χ3n) is 4.01. The highest BCUT2D eigenvalue weighted by Gasteiger charge is 2.30. The Hall–Kier alpha value is -1.84. The van der Waals surface area contributed by atoms with Crippen LogP contribution in [0.15, 0.2) is 29.2 Å². The molecule has 0 aliphatic heterocycles. The molecule has 1 aliphatic carbocycles. The van der Waals surface area contributed by atoms with E-state index in [9.17, 15) is 8.42 Å². The van der Waals surface area contributed by atoms with Gasteiger partial charge in [0.05, 0.1) is 4.90 Å². The molecule has 0 radical (unpaired) electrons. The standard InChI is InChI=1S/C15H17N5O2S2/c1-10-4-2-3-5-12(10)24(21,22)16-9-8-13-19-20-14(11-6-7-11)17-18-15(20)23-13/h2-5,11,16H,6-9H2,1H3. The summed E-state index contributed by atoms with van der Waals surface area (Å²) >= 11 is 1.46. The molecular weight excluding hydrogens is 346 g/mol. The third kappa shape index (κ3) is 2.94. The number of nitrogens with zero attached hydrogens (tertiary/aromatic N) is 4. The molecule has 0 unspecified atom stereocenters. The van der Waals surface area contributed by atoms with Crippen LogP contribution in [0.1, 0.15) is 35.2 Å². The monoisotopic (exact) mass is 363 g/mol. The summed E-state index contributed by atoms with van der Waals surface area (Å²) in [4.78, 5) is 1.09. The molecule has 4 rings (SSSR count). The minimum atomic E-state index is -3.50. The van der Waals surface area contributed by atoms with Crippen molar-refractivity contribution >= 4 is 26.3 Å². The molecule has 0 spiro atoms. The first kappa shape index (κ1) is 15.7. The fourth-order valence-electron chi connectivity index (χ4n) is 2.60. The van der Waals surface area contributed by atoms with Crippen molar-refractivity contribution in [1.29, 1.82) is 0 Å². The van der Waals surface area contributed by atoms with Crippen molar-refractivity contribution in [2.75, 3.05) is 6.54 Å². The number of hydrogen-bond acceptors (Lipinski definition) is 6. The summed E-state index contributed by atoms with van der Waals surface area (Å²) in [5, 5.41) is 13.7. The fraction of sp³-hybridized carbons (Fsp3) is 0.400. The summed E-state index contributed by atoms with van der Waals surface area (Å²) in [6.45, 7) is 2.09. The first-order chi connectivity index (χ1) is 11.5. The molecule has 126 valence electrons. The number of rotatable bonds is 6. The summed E-state index contributed by atoms with van der Waals surface area (Å²) in [7, 11) is -3.50. The number of aromatic nitrogens is 4. The van der Waals surface area contributed by atoms with Crippen LogP contribution in [0.3, 0.4) is 0 Å². The second-order valence-corrected chi connectivity index (χ2v) is 8.71. The average Bonchev–Trinajstić information content (AvgIpc) is 3.18. The Morgan fingerprint density at radius 1 is 1.29 bits per heavy atom. The first-order valence-corrected chi connectivity index (χ1v) is 10.1. The largest absolute Gasteiger partial charge is 0.240 e. The van der Waals surface area contributed by atoms with Gasteiger partial charge in [-0.05, 0) is 31.4 Å². The molecule has 24 heavy (non-hydrogen) atoms. The minimum absolute atomic E-state index is 0.305. The molecule has 1 aliphatic rings. The maximum Gasteiger partial charge on any atom is 0.240 e. The van der Waals surface area contributed by atoms with E-state index in [0.29, 0.717) is 23.8 Å². The number of fused-ring (bicyclic) bond motifs is 1. The average molecular weight is 363 g/mol. The van der Waals surface area contributed by atoms with Crippen molar-refractivity contribution in [3.05, 3.63) is 40.7 Å². The van der Waals surface area contributed by atoms with Crippen molar-refractivity contribution < 1.29 is 8.42 Å². The number of sulfonamides is 1. The van der Waals surface area contributed by atoms with Crippen LogP contribution in [0.25, 0.3) is 4.96 Å². The van der Waals surface area contributed by atoms with Crippen LogP contribution < -0.4 is 4.72 Å². The second-order valence-electron chi connectivity index (χ2n) is 5.94. The molecule has 0 saturated heterocycles. The summed E-state index contributed by atoms with van der Waals surface area (Å²) in [5.74, 6) is 1.41. The van der Waals surface area contributed by atoms with Crippen LogP contribution in [0.4, 0.5) is 0 Å². The Morgan fingerprint density at radius 3 is 2.83 bits per heavy atom. The summed E-state index contributed by atoms with van der Waals surface area (Å²) < 4.78 is 29.2. The SMILES string of the molecule is Cc1ccccc1S(=O)(=O)NCCc1nn2c(C3CC3)nnc2s1. The lowest BCUT2D eigenvalue weighted by Crippen LogP contribution is -2.26. The van der Waals surface area contributed by atoms with Crippen LogP contribution in [0.5, 0.6) is 0 Å². The maximum absolute atomic E-state index is 12.4. The Kier molecular flexibility index (Phi) is 3.86. The van der Waals surface area contributed by atoms with E-state index in [0.717, 1.165) is 34.2 Å². The fourth-order valence-corrected chi connectivity index (χ4v) is 4.71. The summed E-state index contributed by atoms with van der Waals surface area (Å²) in [6, 6.07) is 6.95. The molecule has 0 atom stereocenters. The molecule has 2 aromatic heterocycles. The third-order valence-corrected chi connectivity index (χ3v) is 6.59. The molecule has 0 amide bonds. The van der Waals surface area contributed by atoms with Crippen LogP contribution in [0, 0.1) is 6.92 Å². The second kappa shape index (κ2) is 5.91. The van der Waals surface area contributed by atoms with Crippen molar-refractivity contribution in [3.8, 4) is 0 Å². The lowest BCUT2D eigenvalue weighted by atomic mass is 10.2. The van der Waals surface area contributed by atoms with Gasteiger partial charge < -0.3 is 0 Å². The van der Waals surface area contributed by atoms with Crippen LogP contribution in [0.2, 0.25) is 0 Å². The van der Waals surface area contributed by atoms with Crippen molar-refractivity contribution in [1.82, 2.24) is 24.5 Å². The van der Waals surface area contributed by atoms with Gasteiger partial charge in [0.25, 0.3) is 0 Å². The first-order valence-electron chi connectivity index (χ1n) is 7.81. The predicted octanol–water partition coefficient (Wildman–Crippen LogP) is 1.89. The molecule has 0 bridgehead atoms. The highest BCUT2D eigenvalue weighted by atomic mass is 32.2. The zero-order chi connectivity index (χ0) is 16.7. The molecular formula is C15H17N5O2S2. The molecule has 1 saturated carbocycles. The summed E-state index contributed by atoms with van der Waals surface area (Å²) in [5.41, 5.74) is 0.734. The Morgan fingerprint density at radius 2 is 2.08 bits per heavy atom. The van der Waals surface area contributed by atoms with E-state index >= 15 is 0 Å². The van der Waals surface area contributed by atoms with Gasteiger partial charge in [-0.1, -0.05) is 29.5 Å². The van der Waals surface area contributed by atoms with Gasteiger partial charge >= 0.3 is 0 Å². The van der Waals surface area contributed by atoms with Gasteiger partial charge in [0.1, 0.15) is 5.01 Å². The Bertz CT molecular complexity index is 988.